The molecule has 2 aliphatic rings. The van der Waals surface area contributed by atoms with E-state index in [1.807, 2.05) is 0 Å². The molecule has 3 nitrogen and oxygen atoms in total. The average Bonchev–Trinajstić information content (AvgIpc) is 2.40. The van der Waals surface area contributed by atoms with Crippen molar-refractivity contribution in [1.82, 2.24) is 4.90 Å². The molecule has 1 N–H and O–H groups in total. The van der Waals surface area contributed by atoms with E-state index in [9.17, 15) is 9.90 Å². The van der Waals surface area contributed by atoms with Gasteiger partial charge in [-0.05, 0) is 32.7 Å². The summed E-state index contributed by atoms with van der Waals surface area (Å²) in [5.74, 6) is -0.565. The van der Waals surface area contributed by atoms with E-state index in [4.69, 9.17) is 0 Å². The van der Waals surface area contributed by atoms with Crippen molar-refractivity contribution in [2.45, 2.75) is 70.3 Å². The monoisotopic (exact) mass is 253 g/mol. The van der Waals surface area contributed by atoms with Crippen LogP contribution in [0.25, 0.3) is 0 Å². The van der Waals surface area contributed by atoms with Gasteiger partial charge in [-0.2, -0.15) is 0 Å². The molecule has 0 saturated heterocycles. The van der Waals surface area contributed by atoms with E-state index in [1.54, 1.807) is 0 Å². The lowest BCUT2D eigenvalue weighted by atomic mass is 9.73. The number of rotatable bonds is 4. The fourth-order valence-electron chi connectivity index (χ4n) is 3.80. The Labute approximate surface area is 111 Å². The molecule has 0 radical (unpaired) electrons. The summed E-state index contributed by atoms with van der Waals surface area (Å²) in [4.78, 5) is 14.0. The van der Waals surface area contributed by atoms with Crippen LogP contribution in [-0.2, 0) is 4.79 Å². The van der Waals surface area contributed by atoms with Gasteiger partial charge in [-0.1, -0.05) is 38.5 Å². The zero-order valence-corrected chi connectivity index (χ0v) is 11.7. The van der Waals surface area contributed by atoms with Crippen LogP contribution in [-0.4, -0.2) is 35.6 Å². The summed E-state index contributed by atoms with van der Waals surface area (Å²) in [5.41, 5.74) is -0.454. The number of hydrogen-bond donors (Lipinski definition) is 1. The molecule has 0 bridgehead atoms. The van der Waals surface area contributed by atoms with Crippen molar-refractivity contribution in [3.8, 4) is 0 Å². The van der Waals surface area contributed by atoms with Crippen molar-refractivity contribution in [2.75, 3.05) is 13.6 Å². The second-order valence-corrected chi connectivity index (χ2v) is 6.35. The maximum atomic E-state index is 11.7. The third-order valence-electron chi connectivity index (χ3n) is 5.01. The molecule has 0 unspecified atom stereocenters. The van der Waals surface area contributed by atoms with Crippen molar-refractivity contribution in [1.29, 1.82) is 0 Å². The van der Waals surface area contributed by atoms with Gasteiger partial charge < -0.3 is 10.0 Å². The summed E-state index contributed by atoms with van der Waals surface area (Å²) in [6.07, 6.45) is 11.6. The van der Waals surface area contributed by atoms with Gasteiger partial charge in [0.05, 0.1) is 5.41 Å². The Kier molecular flexibility index (Phi) is 4.66. The topological polar surface area (TPSA) is 40.5 Å². The summed E-state index contributed by atoms with van der Waals surface area (Å²) in [5, 5.41) is 9.61. The van der Waals surface area contributed by atoms with Crippen LogP contribution in [0.2, 0.25) is 0 Å². The van der Waals surface area contributed by atoms with Crippen molar-refractivity contribution in [2.24, 2.45) is 5.41 Å². The Morgan fingerprint density at radius 1 is 1.11 bits per heavy atom. The Morgan fingerprint density at radius 3 is 2.22 bits per heavy atom. The van der Waals surface area contributed by atoms with Crippen LogP contribution < -0.4 is 0 Å². The van der Waals surface area contributed by atoms with E-state index >= 15 is 0 Å². The molecule has 0 amide bonds. The molecule has 0 aliphatic heterocycles. The molecule has 0 heterocycles. The molecule has 18 heavy (non-hydrogen) atoms. The molecule has 2 fully saturated rings. The Bertz CT molecular complexity index is 278. The van der Waals surface area contributed by atoms with E-state index in [0.29, 0.717) is 6.04 Å². The van der Waals surface area contributed by atoms with Gasteiger partial charge in [0, 0.05) is 12.6 Å². The van der Waals surface area contributed by atoms with Crippen LogP contribution in [0.4, 0.5) is 0 Å². The van der Waals surface area contributed by atoms with Crippen LogP contribution in [0.15, 0.2) is 0 Å². The minimum atomic E-state index is -0.565. The molecular formula is C15H27NO2. The summed E-state index contributed by atoms with van der Waals surface area (Å²) >= 11 is 0. The summed E-state index contributed by atoms with van der Waals surface area (Å²) < 4.78 is 0. The zero-order chi connectivity index (χ0) is 13.0. The Morgan fingerprint density at radius 2 is 1.67 bits per heavy atom. The first-order valence-electron chi connectivity index (χ1n) is 7.58. The molecule has 2 rings (SSSR count). The average molecular weight is 253 g/mol. The van der Waals surface area contributed by atoms with E-state index in [0.717, 1.165) is 32.2 Å². The van der Waals surface area contributed by atoms with E-state index < -0.39 is 11.4 Å². The van der Waals surface area contributed by atoms with E-state index in [1.165, 1.54) is 38.5 Å². The van der Waals surface area contributed by atoms with Crippen LogP contribution in [0.1, 0.15) is 64.2 Å². The Balaban J connectivity index is 1.97. The molecule has 0 spiro atoms. The maximum absolute atomic E-state index is 11.7. The van der Waals surface area contributed by atoms with Crippen LogP contribution in [0.5, 0.6) is 0 Å². The predicted molar refractivity (Wildman–Crippen MR) is 72.7 cm³/mol. The lowest BCUT2D eigenvalue weighted by Gasteiger charge is -2.40. The number of hydrogen-bond acceptors (Lipinski definition) is 2. The largest absolute Gasteiger partial charge is 0.481 e. The first kappa shape index (κ1) is 13.9. The number of aliphatic carboxylic acids is 1. The van der Waals surface area contributed by atoms with Gasteiger partial charge in [-0.15, -0.1) is 0 Å². The van der Waals surface area contributed by atoms with Gasteiger partial charge in [0.1, 0.15) is 0 Å². The molecule has 2 aliphatic carbocycles. The van der Waals surface area contributed by atoms with Gasteiger partial charge in [0.2, 0.25) is 0 Å². The highest BCUT2D eigenvalue weighted by atomic mass is 16.4. The highest BCUT2D eigenvalue weighted by molar-refractivity contribution is 5.75. The molecule has 0 aromatic rings. The molecule has 0 atom stereocenters. The summed E-state index contributed by atoms with van der Waals surface area (Å²) in [7, 11) is 2.13. The first-order valence-corrected chi connectivity index (χ1v) is 7.58. The lowest BCUT2D eigenvalue weighted by molar-refractivity contribution is -0.152. The smallest absolute Gasteiger partial charge is 0.310 e. The fourth-order valence-corrected chi connectivity index (χ4v) is 3.80. The van der Waals surface area contributed by atoms with E-state index in [-0.39, 0.29) is 0 Å². The van der Waals surface area contributed by atoms with Crippen molar-refractivity contribution >= 4 is 5.97 Å². The molecular weight excluding hydrogens is 226 g/mol. The third-order valence-corrected chi connectivity index (χ3v) is 5.01. The van der Waals surface area contributed by atoms with Crippen LogP contribution in [0, 0.1) is 5.41 Å². The minimum absolute atomic E-state index is 0.454. The third kappa shape index (κ3) is 3.05. The molecule has 104 valence electrons. The SMILES string of the molecule is CN(CC1(C(=O)O)CCCCC1)C1CCCCC1. The zero-order valence-electron chi connectivity index (χ0n) is 11.7. The van der Waals surface area contributed by atoms with Crippen molar-refractivity contribution in [3.05, 3.63) is 0 Å². The number of carbonyl (C=O) groups is 1. The number of nitrogens with zero attached hydrogens (tertiary/aromatic N) is 1. The second-order valence-electron chi connectivity index (χ2n) is 6.35. The maximum Gasteiger partial charge on any atom is 0.310 e. The molecule has 0 aromatic carbocycles. The number of carboxylic acid groups (broad SMARTS) is 1. The standard InChI is InChI=1S/C15H27NO2/c1-16(13-8-4-2-5-9-13)12-15(14(17)18)10-6-3-7-11-15/h13H,2-12H2,1H3,(H,17,18). The van der Waals surface area contributed by atoms with Crippen LogP contribution in [0.3, 0.4) is 0 Å². The van der Waals surface area contributed by atoms with E-state index in [2.05, 4.69) is 11.9 Å². The molecule has 3 heteroatoms. The minimum Gasteiger partial charge on any atom is -0.481 e. The first-order chi connectivity index (χ1) is 8.64. The van der Waals surface area contributed by atoms with Gasteiger partial charge in [0.25, 0.3) is 0 Å². The normalized spacial score (nSPS) is 25.2. The van der Waals surface area contributed by atoms with Crippen molar-refractivity contribution in [3.63, 3.8) is 0 Å². The van der Waals surface area contributed by atoms with Crippen LogP contribution >= 0.6 is 0 Å². The lowest BCUT2D eigenvalue weighted by Crippen LogP contribution is -2.47. The fraction of sp³-hybridized carbons (Fsp3) is 0.933. The predicted octanol–water partition coefficient (Wildman–Crippen LogP) is 3.29. The molecule has 2 saturated carbocycles. The highest BCUT2D eigenvalue weighted by Gasteiger charge is 2.41. The van der Waals surface area contributed by atoms with Crippen molar-refractivity contribution < 1.29 is 9.90 Å². The summed E-state index contributed by atoms with van der Waals surface area (Å²) in [6, 6.07) is 0.622. The van der Waals surface area contributed by atoms with Gasteiger partial charge in [-0.25, -0.2) is 0 Å². The Hall–Kier alpha value is -0.570. The number of carboxylic acids is 1. The second kappa shape index (κ2) is 6.05. The van der Waals surface area contributed by atoms with Gasteiger partial charge in [-0.3, -0.25) is 4.79 Å². The molecule has 0 aromatic heterocycles. The van der Waals surface area contributed by atoms with Gasteiger partial charge in [0.15, 0.2) is 0 Å². The van der Waals surface area contributed by atoms with Gasteiger partial charge >= 0.3 is 5.97 Å². The summed E-state index contributed by atoms with van der Waals surface area (Å²) in [6.45, 7) is 0.757. The highest BCUT2D eigenvalue weighted by Crippen LogP contribution is 2.38. The quantitative estimate of drug-likeness (QED) is 0.836.